The van der Waals surface area contributed by atoms with E-state index < -0.39 is 0 Å². The number of hydrogen-bond donors (Lipinski definition) is 2. The molecule has 0 saturated carbocycles. The second kappa shape index (κ2) is 8.52. The quantitative estimate of drug-likeness (QED) is 0.797. The van der Waals surface area contributed by atoms with Crippen LogP contribution in [0.4, 0.5) is 0 Å². The molecule has 0 radical (unpaired) electrons. The van der Waals surface area contributed by atoms with Gasteiger partial charge in [-0.05, 0) is 41.5 Å². The molecule has 0 unspecified atom stereocenters. The maximum absolute atomic E-state index is 11.9. The van der Waals surface area contributed by atoms with Crippen LogP contribution in [0.3, 0.4) is 0 Å². The molecule has 2 amide bonds. The average molecular weight is 363 g/mol. The number of nitrogens with one attached hydrogen (secondary N) is 2. The highest BCUT2D eigenvalue weighted by atomic mass is 35.5. The predicted molar refractivity (Wildman–Crippen MR) is 97.2 cm³/mol. The molecule has 2 aromatic rings. The predicted octanol–water partition coefficient (Wildman–Crippen LogP) is 3.68. The highest BCUT2D eigenvalue weighted by Crippen LogP contribution is 2.20. The summed E-state index contributed by atoms with van der Waals surface area (Å²) in [5, 5.41) is 6.36. The van der Waals surface area contributed by atoms with Gasteiger partial charge in [0.1, 0.15) is 0 Å². The van der Waals surface area contributed by atoms with E-state index in [0.29, 0.717) is 22.2 Å². The summed E-state index contributed by atoms with van der Waals surface area (Å²) >= 11 is 11.9. The van der Waals surface area contributed by atoms with E-state index in [-0.39, 0.29) is 11.8 Å². The highest BCUT2D eigenvalue weighted by Gasteiger charge is 2.03. The number of carbonyl (C=O) groups excluding carboxylic acids is 2. The van der Waals surface area contributed by atoms with Gasteiger partial charge in [0, 0.05) is 35.3 Å². The van der Waals surface area contributed by atoms with Crippen LogP contribution in [0.5, 0.6) is 0 Å². The highest BCUT2D eigenvalue weighted by molar-refractivity contribution is 6.35. The van der Waals surface area contributed by atoms with Gasteiger partial charge in [-0.2, -0.15) is 0 Å². The number of rotatable bonds is 5. The summed E-state index contributed by atoms with van der Waals surface area (Å²) in [5.41, 5.74) is 2.18. The topological polar surface area (TPSA) is 58.2 Å². The van der Waals surface area contributed by atoms with Gasteiger partial charge in [0.25, 0.3) is 5.91 Å². The minimum Gasteiger partial charge on any atom is -0.355 e. The summed E-state index contributed by atoms with van der Waals surface area (Å²) in [6.07, 6.45) is 3.10. The van der Waals surface area contributed by atoms with E-state index in [1.54, 1.807) is 55.6 Å². The molecule has 124 valence electrons. The molecule has 0 heterocycles. The monoisotopic (exact) mass is 362 g/mol. The molecule has 0 atom stereocenters. The minimum atomic E-state index is -0.239. The molecule has 2 rings (SSSR count). The Morgan fingerprint density at radius 3 is 2.42 bits per heavy atom. The van der Waals surface area contributed by atoms with Crippen molar-refractivity contribution in [1.29, 1.82) is 0 Å². The van der Waals surface area contributed by atoms with E-state index >= 15 is 0 Å². The normalized spacial score (nSPS) is 10.6. The Kier molecular flexibility index (Phi) is 6.41. The van der Waals surface area contributed by atoms with Crippen molar-refractivity contribution >= 4 is 41.1 Å². The van der Waals surface area contributed by atoms with Gasteiger partial charge in [0.05, 0.1) is 0 Å². The number of benzene rings is 2. The Balaban J connectivity index is 1.91. The standard InChI is InChI=1S/C18H16Cl2N2O2/c1-21-18(24)13-5-2-12(3-6-13)4-9-17(23)22-11-14-7-8-15(19)10-16(14)20/h2-10H,11H2,1H3,(H,21,24)(H,22,23)/b9-4+. The Morgan fingerprint density at radius 2 is 1.79 bits per heavy atom. The van der Waals surface area contributed by atoms with E-state index in [0.717, 1.165) is 11.1 Å². The zero-order chi connectivity index (χ0) is 17.5. The van der Waals surface area contributed by atoms with Gasteiger partial charge in [-0.15, -0.1) is 0 Å². The Morgan fingerprint density at radius 1 is 1.08 bits per heavy atom. The lowest BCUT2D eigenvalue weighted by atomic mass is 10.1. The number of amides is 2. The fourth-order valence-electron chi connectivity index (χ4n) is 1.97. The molecule has 0 spiro atoms. The third-order valence-electron chi connectivity index (χ3n) is 3.30. The molecule has 6 heteroatoms. The zero-order valence-electron chi connectivity index (χ0n) is 13.0. The fourth-order valence-corrected chi connectivity index (χ4v) is 2.44. The van der Waals surface area contributed by atoms with Crippen molar-refractivity contribution in [2.24, 2.45) is 0 Å². The van der Waals surface area contributed by atoms with Gasteiger partial charge in [0.2, 0.25) is 5.91 Å². The van der Waals surface area contributed by atoms with E-state index in [1.807, 2.05) is 0 Å². The van der Waals surface area contributed by atoms with Crippen molar-refractivity contribution < 1.29 is 9.59 Å². The van der Waals surface area contributed by atoms with Crippen LogP contribution >= 0.6 is 23.2 Å². The minimum absolute atomic E-state index is 0.150. The molecular weight excluding hydrogens is 347 g/mol. The molecule has 0 bridgehead atoms. The van der Waals surface area contributed by atoms with Crippen LogP contribution in [0, 0.1) is 0 Å². The second-order valence-corrected chi connectivity index (χ2v) is 5.83. The maximum Gasteiger partial charge on any atom is 0.251 e. The average Bonchev–Trinajstić information content (AvgIpc) is 2.59. The molecule has 24 heavy (non-hydrogen) atoms. The third kappa shape index (κ3) is 5.11. The van der Waals surface area contributed by atoms with Crippen LogP contribution in [-0.2, 0) is 11.3 Å². The van der Waals surface area contributed by atoms with Gasteiger partial charge in [-0.3, -0.25) is 9.59 Å². The lowest BCUT2D eigenvalue weighted by Crippen LogP contribution is -2.20. The van der Waals surface area contributed by atoms with Crippen LogP contribution in [0.25, 0.3) is 6.08 Å². The van der Waals surface area contributed by atoms with Crippen molar-refractivity contribution in [3.63, 3.8) is 0 Å². The summed E-state index contributed by atoms with van der Waals surface area (Å²) in [5.74, 6) is -0.389. The smallest absolute Gasteiger partial charge is 0.251 e. The molecule has 4 nitrogen and oxygen atoms in total. The first-order valence-electron chi connectivity index (χ1n) is 7.21. The van der Waals surface area contributed by atoms with E-state index in [4.69, 9.17) is 23.2 Å². The van der Waals surface area contributed by atoms with Crippen molar-refractivity contribution in [2.45, 2.75) is 6.54 Å². The molecule has 0 aliphatic rings. The lowest BCUT2D eigenvalue weighted by Gasteiger charge is -2.05. The SMILES string of the molecule is CNC(=O)c1ccc(/C=C/C(=O)NCc2ccc(Cl)cc2Cl)cc1. The molecule has 2 aromatic carbocycles. The van der Waals surface area contributed by atoms with Gasteiger partial charge in [0.15, 0.2) is 0 Å². The van der Waals surface area contributed by atoms with Crippen LogP contribution in [-0.4, -0.2) is 18.9 Å². The summed E-state index contributed by atoms with van der Waals surface area (Å²) in [4.78, 5) is 23.3. The molecule has 0 aliphatic carbocycles. The summed E-state index contributed by atoms with van der Waals surface area (Å²) in [6, 6.07) is 12.1. The molecule has 2 N–H and O–H groups in total. The van der Waals surface area contributed by atoms with Crippen molar-refractivity contribution in [1.82, 2.24) is 10.6 Å². The zero-order valence-corrected chi connectivity index (χ0v) is 14.5. The Labute approximate surface area is 150 Å². The summed E-state index contributed by atoms with van der Waals surface area (Å²) in [6.45, 7) is 0.314. The number of hydrogen-bond acceptors (Lipinski definition) is 2. The van der Waals surface area contributed by atoms with Gasteiger partial charge < -0.3 is 10.6 Å². The van der Waals surface area contributed by atoms with Crippen LogP contribution in [0.1, 0.15) is 21.5 Å². The summed E-state index contributed by atoms with van der Waals surface area (Å²) < 4.78 is 0. The van der Waals surface area contributed by atoms with Gasteiger partial charge >= 0.3 is 0 Å². The third-order valence-corrected chi connectivity index (χ3v) is 3.88. The van der Waals surface area contributed by atoms with Gasteiger partial charge in [-0.1, -0.05) is 41.4 Å². The summed E-state index contributed by atoms with van der Waals surface area (Å²) in [7, 11) is 1.58. The van der Waals surface area contributed by atoms with E-state index in [2.05, 4.69) is 10.6 Å². The maximum atomic E-state index is 11.9. The number of carbonyl (C=O) groups is 2. The molecule has 0 fully saturated rings. The van der Waals surface area contributed by atoms with Crippen molar-refractivity contribution in [3.8, 4) is 0 Å². The van der Waals surface area contributed by atoms with Crippen molar-refractivity contribution in [2.75, 3.05) is 7.05 Å². The Hall–Kier alpha value is -2.30. The Bertz CT molecular complexity index is 771. The largest absolute Gasteiger partial charge is 0.355 e. The lowest BCUT2D eigenvalue weighted by molar-refractivity contribution is -0.116. The first-order valence-corrected chi connectivity index (χ1v) is 7.97. The van der Waals surface area contributed by atoms with E-state index in [1.165, 1.54) is 6.08 Å². The fraction of sp³-hybridized carbons (Fsp3) is 0.111. The van der Waals surface area contributed by atoms with Crippen LogP contribution < -0.4 is 10.6 Å². The molecule has 0 aromatic heterocycles. The second-order valence-electron chi connectivity index (χ2n) is 4.99. The molecule has 0 aliphatic heterocycles. The number of halogens is 2. The van der Waals surface area contributed by atoms with E-state index in [9.17, 15) is 9.59 Å². The first kappa shape index (κ1) is 18.0. The first-order chi connectivity index (χ1) is 11.5. The molecular formula is C18H16Cl2N2O2. The van der Waals surface area contributed by atoms with Crippen LogP contribution in [0.15, 0.2) is 48.5 Å². The van der Waals surface area contributed by atoms with Crippen molar-refractivity contribution in [3.05, 3.63) is 75.3 Å². The van der Waals surface area contributed by atoms with Gasteiger partial charge in [-0.25, -0.2) is 0 Å². The molecule has 0 saturated heterocycles. The van der Waals surface area contributed by atoms with Crippen LogP contribution in [0.2, 0.25) is 10.0 Å².